The van der Waals surface area contributed by atoms with Gasteiger partial charge in [-0.25, -0.2) is 0 Å². The molecule has 0 aromatic heterocycles. The van der Waals surface area contributed by atoms with Crippen molar-refractivity contribution in [1.82, 2.24) is 4.90 Å². The van der Waals surface area contributed by atoms with Gasteiger partial charge in [-0.1, -0.05) is 25.1 Å². The summed E-state index contributed by atoms with van der Waals surface area (Å²) in [7, 11) is 0. The van der Waals surface area contributed by atoms with Gasteiger partial charge in [-0.05, 0) is 36.8 Å². The van der Waals surface area contributed by atoms with Crippen molar-refractivity contribution in [2.45, 2.75) is 32.5 Å². The van der Waals surface area contributed by atoms with Crippen molar-refractivity contribution in [3.63, 3.8) is 0 Å². The fourth-order valence-electron chi connectivity index (χ4n) is 2.56. The first-order chi connectivity index (χ1) is 10.8. The monoisotopic (exact) mass is 329 g/mol. The molecule has 0 amide bonds. The third kappa shape index (κ3) is 5.65. The van der Waals surface area contributed by atoms with Crippen molar-refractivity contribution < 1.29 is 17.9 Å². The molecule has 1 aromatic carbocycles. The van der Waals surface area contributed by atoms with E-state index < -0.39 is 6.36 Å². The number of nitrogens with zero attached hydrogens (tertiary/aromatic N) is 2. The van der Waals surface area contributed by atoms with E-state index in [1.54, 1.807) is 12.1 Å². The van der Waals surface area contributed by atoms with Crippen LogP contribution in [0.15, 0.2) is 29.3 Å². The second kappa shape index (κ2) is 7.57. The molecule has 0 aliphatic carbocycles. The van der Waals surface area contributed by atoms with Gasteiger partial charge in [0.05, 0.1) is 0 Å². The molecule has 0 atom stereocenters. The average Bonchev–Trinajstić information content (AvgIpc) is 2.48. The number of nitrogens with two attached hydrogens (primary N) is 1. The molecule has 7 heteroatoms. The van der Waals surface area contributed by atoms with E-state index in [4.69, 9.17) is 5.73 Å². The van der Waals surface area contributed by atoms with E-state index in [1.165, 1.54) is 12.1 Å². The number of aliphatic imine (C=N–C) groups is 1. The molecule has 23 heavy (non-hydrogen) atoms. The van der Waals surface area contributed by atoms with Crippen molar-refractivity contribution in [1.29, 1.82) is 0 Å². The summed E-state index contributed by atoms with van der Waals surface area (Å²) in [6.45, 7) is 4.30. The summed E-state index contributed by atoms with van der Waals surface area (Å²) in [5.74, 6) is 0.983. The lowest BCUT2D eigenvalue weighted by Gasteiger charge is -2.31. The summed E-state index contributed by atoms with van der Waals surface area (Å²) in [4.78, 5) is 6.32. The van der Waals surface area contributed by atoms with E-state index in [0.717, 1.165) is 25.9 Å². The van der Waals surface area contributed by atoms with Crippen molar-refractivity contribution in [2.75, 3.05) is 19.6 Å². The van der Waals surface area contributed by atoms with Gasteiger partial charge in [0.25, 0.3) is 0 Å². The molecule has 1 aliphatic heterocycles. The molecule has 1 saturated heterocycles. The summed E-state index contributed by atoms with van der Waals surface area (Å²) in [5, 5.41) is 0. The summed E-state index contributed by atoms with van der Waals surface area (Å²) < 4.78 is 41.1. The molecule has 1 aliphatic rings. The van der Waals surface area contributed by atoms with Crippen LogP contribution in [-0.2, 0) is 6.42 Å². The van der Waals surface area contributed by atoms with Gasteiger partial charge in [0.15, 0.2) is 5.96 Å². The fraction of sp³-hybridized carbons (Fsp3) is 0.562. The first-order valence-electron chi connectivity index (χ1n) is 7.73. The van der Waals surface area contributed by atoms with E-state index in [-0.39, 0.29) is 5.75 Å². The molecule has 0 unspecified atom stereocenters. The number of hydrogen-bond acceptors (Lipinski definition) is 2. The van der Waals surface area contributed by atoms with Crippen LogP contribution in [0, 0.1) is 5.92 Å². The van der Waals surface area contributed by atoms with Crippen LogP contribution in [0.25, 0.3) is 0 Å². The Labute approximate surface area is 134 Å². The van der Waals surface area contributed by atoms with Crippen LogP contribution in [0.2, 0.25) is 0 Å². The normalized spacial score (nSPS) is 17.4. The Hall–Kier alpha value is -1.92. The van der Waals surface area contributed by atoms with E-state index in [0.29, 0.717) is 30.4 Å². The van der Waals surface area contributed by atoms with Crippen molar-refractivity contribution in [3.05, 3.63) is 29.8 Å². The molecule has 4 nitrogen and oxygen atoms in total. The number of benzene rings is 1. The number of para-hydroxylation sites is 1. The summed E-state index contributed by atoms with van der Waals surface area (Å²) in [6, 6.07) is 6.10. The topological polar surface area (TPSA) is 50.8 Å². The zero-order chi connectivity index (χ0) is 16.9. The minimum Gasteiger partial charge on any atom is -0.406 e. The zero-order valence-corrected chi connectivity index (χ0v) is 13.1. The molecule has 2 rings (SSSR count). The lowest BCUT2D eigenvalue weighted by atomic mass is 10.00. The molecule has 1 heterocycles. The highest BCUT2D eigenvalue weighted by Crippen LogP contribution is 2.26. The van der Waals surface area contributed by atoms with Crippen molar-refractivity contribution in [2.24, 2.45) is 16.6 Å². The minimum atomic E-state index is -4.69. The lowest BCUT2D eigenvalue weighted by Crippen LogP contribution is -2.42. The summed E-state index contributed by atoms with van der Waals surface area (Å²) in [6.07, 6.45) is -2.18. The average molecular weight is 329 g/mol. The number of piperidine rings is 1. The fourth-order valence-corrected chi connectivity index (χ4v) is 2.56. The summed E-state index contributed by atoms with van der Waals surface area (Å²) in [5.41, 5.74) is 6.43. The van der Waals surface area contributed by atoms with E-state index in [2.05, 4.69) is 16.7 Å². The molecular weight excluding hydrogens is 307 g/mol. The molecule has 1 aromatic rings. The van der Waals surface area contributed by atoms with Crippen LogP contribution in [-0.4, -0.2) is 36.9 Å². The number of hydrogen-bond donors (Lipinski definition) is 1. The van der Waals surface area contributed by atoms with Crippen LogP contribution in [0.5, 0.6) is 5.75 Å². The number of halogens is 3. The van der Waals surface area contributed by atoms with Crippen LogP contribution in [0.1, 0.15) is 25.3 Å². The second-order valence-corrected chi connectivity index (χ2v) is 5.82. The Kier molecular flexibility index (Phi) is 5.74. The third-order valence-electron chi connectivity index (χ3n) is 3.96. The number of ether oxygens (including phenoxy) is 1. The van der Waals surface area contributed by atoms with Gasteiger partial charge in [0, 0.05) is 19.6 Å². The SMILES string of the molecule is CC1CCN(C(N)=NCCc2ccccc2OC(F)(F)F)CC1. The predicted octanol–water partition coefficient (Wildman–Crippen LogP) is 3.17. The van der Waals surface area contributed by atoms with Gasteiger partial charge in [-0.3, -0.25) is 4.99 Å². The van der Waals surface area contributed by atoms with E-state index in [1.807, 2.05) is 4.90 Å². The Morgan fingerprint density at radius 3 is 2.61 bits per heavy atom. The number of rotatable bonds is 4. The largest absolute Gasteiger partial charge is 0.573 e. The van der Waals surface area contributed by atoms with Crippen LogP contribution in [0.4, 0.5) is 13.2 Å². The first kappa shape index (κ1) is 17.4. The maximum absolute atomic E-state index is 12.4. The lowest BCUT2D eigenvalue weighted by molar-refractivity contribution is -0.274. The molecule has 0 radical (unpaired) electrons. The molecule has 1 fully saturated rings. The van der Waals surface area contributed by atoms with E-state index >= 15 is 0 Å². The summed E-state index contributed by atoms with van der Waals surface area (Å²) >= 11 is 0. The van der Waals surface area contributed by atoms with Gasteiger partial charge in [0.1, 0.15) is 5.75 Å². The quantitative estimate of drug-likeness (QED) is 0.682. The number of alkyl halides is 3. The first-order valence-corrected chi connectivity index (χ1v) is 7.73. The van der Waals surface area contributed by atoms with Crippen LogP contribution >= 0.6 is 0 Å². The van der Waals surface area contributed by atoms with Gasteiger partial charge in [0.2, 0.25) is 0 Å². The third-order valence-corrected chi connectivity index (χ3v) is 3.96. The van der Waals surface area contributed by atoms with Crippen LogP contribution < -0.4 is 10.5 Å². The molecular formula is C16H22F3N3O. The Morgan fingerprint density at radius 2 is 1.96 bits per heavy atom. The highest BCUT2D eigenvalue weighted by Gasteiger charge is 2.31. The second-order valence-electron chi connectivity index (χ2n) is 5.82. The maximum atomic E-state index is 12.4. The van der Waals surface area contributed by atoms with Gasteiger partial charge in [-0.2, -0.15) is 0 Å². The standard InChI is InChI=1S/C16H22F3N3O/c1-12-7-10-22(11-8-12)15(20)21-9-6-13-4-2-3-5-14(13)23-16(17,18)19/h2-5,12H,6-11H2,1H3,(H2,20,21). The molecule has 0 spiro atoms. The number of likely N-dealkylation sites (tertiary alicyclic amines) is 1. The smallest absolute Gasteiger partial charge is 0.406 e. The highest BCUT2D eigenvalue weighted by atomic mass is 19.4. The molecule has 0 bridgehead atoms. The molecule has 0 saturated carbocycles. The van der Waals surface area contributed by atoms with Gasteiger partial charge < -0.3 is 15.4 Å². The number of guanidine groups is 1. The minimum absolute atomic E-state index is 0.180. The van der Waals surface area contributed by atoms with Crippen molar-refractivity contribution >= 4 is 5.96 Å². The molecule has 128 valence electrons. The Morgan fingerprint density at radius 1 is 1.30 bits per heavy atom. The maximum Gasteiger partial charge on any atom is 0.573 e. The van der Waals surface area contributed by atoms with Crippen molar-refractivity contribution in [3.8, 4) is 5.75 Å². The van der Waals surface area contributed by atoms with E-state index in [9.17, 15) is 13.2 Å². The highest BCUT2D eigenvalue weighted by molar-refractivity contribution is 5.78. The molecule has 2 N–H and O–H groups in total. The Balaban J connectivity index is 1.92. The van der Waals surface area contributed by atoms with Gasteiger partial charge in [-0.15, -0.1) is 13.2 Å². The predicted molar refractivity (Wildman–Crippen MR) is 83.3 cm³/mol. The Bertz CT molecular complexity index is 538. The van der Waals surface area contributed by atoms with Crippen LogP contribution in [0.3, 0.4) is 0 Å². The zero-order valence-electron chi connectivity index (χ0n) is 13.1. The van der Waals surface area contributed by atoms with Gasteiger partial charge >= 0.3 is 6.36 Å².